The molecule has 0 saturated carbocycles. The lowest BCUT2D eigenvalue weighted by Crippen LogP contribution is -2.26. The number of carbonyl (C=O) groups is 2. The van der Waals surface area contributed by atoms with E-state index >= 15 is 0 Å². The molecule has 0 amide bonds. The number of unbranched alkanes of at least 4 members (excludes halogenated alkanes) is 5. The van der Waals surface area contributed by atoms with E-state index in [0.717, 1.165) is 12.8 Å². The first-order valence-electron chi connectivity index (χ1n) is 8.07. The van der Waals surface area contributed by atoms with E-state index in [1.165, 1.54) is 39.9 Å². The van der Waals surface area contributed by atoms with Crippen LogP contribution in [0.25, 0.3) is 0 Å². The summed E-state index contributed by atoms with van der Waals surface area (Å²) >= 11 is 0. The first kappa shape index (κ1) is 20.6. The van der Waals surface area contributed by atoms with Crippen LogP contribution in [0, 0.1) is 5.92 Å². The van der Waals surface area contributed by atoms with Gasteiger partial charge in [0.15, 0.2) is 5.92 Å². The number of hydrogen-bond acceptors (Lipinski definition) is 5. The van der Waals surface area contributed by atoms with Crippen LogP contribution in [-0.4, -0.2) is 37.4 Å². The van der Waals surface area contributed by atoms with Gasteiger partial charge in [-0.1, -0.05) is 57.6 Å². The van der Waals surface area contributed by atoms with Crippen molar-refractivity contribution in [3.63, 3.8) is 0 Å². The number of hydrogen-bond donors (Lipinski definition) is 1. The molecule has 0 radical (unpaired) electrons. The maximum atomic E-state index is 11.5. The number of aliphatic hydroxyl groups excluding tert-OH is 1. The van der Waals surface area contributed by atoms with Crippen molar-refractivity contribution < 1.29 is 24.2 Å². The summed E-state index contributed by atoms with van der Waals surface area (Å²) in [6.07, 6.45) is 10.7. The van der Waals surface area contributed by atoms with Gasteiger partial charge in [-0.15, -0.1) is 0 Å². The molecule has 0 aromatic carbocycles. The van der Waals surface area contributed by atoms with E-state index in [0.29, 0.717) is 6.42 Å². The SMILES string of the molecule is CCCCCCCCC(O)/C=C\CC(C(=O)OC)C(=O)OC. The van der Waals surface area contributed by atoms with Gasteiger partial charge in [-0.05, 0) is 12.8 Å². The van der Waals surface area contributed by atoms with Crippen LogP contribution in [0.15, 0.2) is 12.2 Å². The predicted molar refractivity (Wildman–Crippen MR) is 85.3 cm³/mol. The summed E-state index contributed by atoms with van der Waals surface area (Å²) in [6, 6.07) is 0. The zero-order chi connectivity index (χ0) is 16.8. The molecule has 0 aromatic rings. The standard InChI is InChI=1S/C17H30O5/c1-4-5-6-7-8-9-11-14(18)12-10-13-15(16(19)21-2)17(20)22-3/h10,12,14-15,18H,4-9,11,13H2,1-3H3/b12-10-. The highest BCUT2D eigenvalue weighted by atomic mass is 16.5. The molecule has 5 heteroatoms. The zero-order valence-electron chi connectivity index (χ0n) is 14.0. The third-order valence-corrected chi connectivity index (χ3v) is 3.55. The number of ether oxygens (including phenoxy) is 2. The van der Waals surface area contributed by atoms with E-state index in [1.807, 2.05) is 0 Å². The van der Waals surface area contributed by atoms with Crippen molar-refractivity contribution in [3.05, 3.63) is 12.2 Å². The van der Waals surface area contributed by atoms with E-state index in [4.69, 9.17) is 0 Å². The fraction of sp³-hybridized carbons (Fsp3) is 0.765. The van der Waals surface area contributed by atoms with E-state index in [9.17, 15) is 14.7 Å². The van der Waals surface area contributed by atoms with Gasteiger partial charge in [-0.2, -0.15) is 0 Å². The Hall–Kier alpha value is -1.36. The largest absolute Gasteiger partial charge is 0.468 e. The van der Waals surface area contributed by atoms with Crippen LogP contribution in [0.2, 0.25) is 0 Å². The number of methoxy groups -OCH3 is 2. The van der Waals surface area contributed by atoms with Gasteiger partial charge in [-0.3, -0.25) is 9.59 Å². The molecule has 0 rings (SSSR count). The molecule has 0 saturated heterocycles. The summed E-state index contributed by atoms with van der Waals surface area (Å²) in [5.74, 6) is -2.21. The summed E-state index contributed by atoms with van der Waals surface area (Å²) in [7, 11) is 2.46. The highest BCUT2D eigenvalue weighted by Crippen LogP contribution is 2.12. The topological polar surface area (TPSA) is 72.8 Å². The fourth-order valence-corrected chi connectivity index (χ4v) is 2.17. The van der Waals surface area contributed by atoms with Crippen molar-refractivity contribution in [2.75, 3.05) is 14.2 Å². The average molecular weight is 314 g/mol. The normalized spacial score (nSPS) is 12.6. The van der Waals surface area contributed by atoms with Gasteiger partial charge in [-0.25, -0.2) is 0 Å². The Morgan fingerprint density at radius 3 is 2.09 bits per heavy atom. The van der Waals surface area contributed by atoms with Crippen molar-refractivity contribution in [1.82, 2.24) is 0 Å². The molecule has 5 nitrogen and oxygen atoms in total. The second-order valence-corrected chi connectivity index (χ2v) is 5.39. The molecule has 128 valence electrons. The molecule has 0 bridgehead atoms. The third kappa shape index (κ3) is 9.55. The average Bonchev–Trinajstić information content (AvgIpc) is 2.53. The number of carbonyl (C=O) groups excluding carboxylic acids is 2. The quantitative estimate of drug-likeness (QED) is 0.259. The summed E-state index contributed by atoms with van der Waals surface area (Å²) in [5, 5.41) is 9.84. The van der Waals surface area contributed by atoms with Crippen LogP contribution in [0.4, 0.5) is 0 Å². The van der Waals surface area contributed by atoms with Crippen molar-refractivity contribution in [2.24, 2.45) is 5.92 Å². The molecular formula is C17H30O5. The number of aliphatic hydroxyl groups is 1. The molecule has 0 aliphatic heterocycles. The van der Waals surface area contributed by atoms with Crippen molar-refractivity contribution in [3.8, 4) is 0 Å². The smallest absolute Gasteiger partial charge is 0.320 e. The van der Waals surface area contributed by atoms with Crippen molar-refractivity contribution >= 4 is 11.9 Å². The van der Waals surface area contributed by atoms with Gasteiger partial charge in [0.05, 0.1) is 20.3 Å². The second kappa shape index (κ2) is 13.3. The van der Waals surface area contributed by atoms with E-state index < -0.39 is 24.0 Å². The molecule has 1 N–H and O–H groups in total. The molecule has 0 spiro atoms. The van der Waals surface area contributed by atoms with Crippen molar-refractivity contribution in [1.29, 1.82) is 0 Å². The number of rotatable bonds is 12. The monoisotopic (exact) mass is 314 g/mol. The van der Waals surface area contributed by atoms with Gasteiger partial charge in [0.1, 0.15) is 0 Å². The summed E-state index contributed by atoms with van der Waals surface area (Å²) in [4.78, 5) is 22.9. The van der Waals surface area contributed by atoms with Crippen LogP contribution in [0.3, 0.4) is 0 Å². The molecule has 0 aromatic heterocycles. The maximum Gasteiger partial charge on any atom is 0.320 e. The molecule has 0 heterocycles. The number of esters is 2. The molecule has 0 aliphatic rings. The highest BCUT2D eigenvalue weighted by Gasteiger charge is 2.27. The summed E-state index contributed by atoms with van der Waals surface area (Å²) in [6.45, 7) is 2.18. The lowest BCUT2D eigenvalue weighted by atomic mass is 10.0. The van der Waals surface area contributed by atoms with Gasteiger partial charge in [0.2, 0.25) is 0 Å². The van der Waals surface area contributed by atoms with E-state index in [1.54, 1.807) is 12.2 Å². The van der Waals surface area contributed by atoms with Crippen LogP contribution in [0.1, 0.15) is 58.3 Å². The lowest BCUT2D eigenvalue weighted by Gasteiger charge is -2.10. The Balaban J connectivity index is 4.01. The zero-order valence-corrected chi connectivity index (χ0v) is 14.0. The van der Waals surface area contributed by atoms with Gasteiger partial charge < -0.3 is 14.6 Å². The number of allylic oxidation sites excluding steroid dienone is 1. The third-order valence-electron chi connectivity index (χ3n) is 3.55. The minimum Gasteiger partial charge on any atom is -0.468 e. The van der Waals surface area contributed by atoms with Gasteiger partial charge in [0.25, 0.3) is 0 Å². The van der Waals surface area contributed by atoms with Gasteiger partial charge in [0, 0.05) is 0 Å². The molecule has 1 unspecified atom stereocenters. The first-order valence-corrected chi connectivity index (χ1v) is 8.07. The Labute approximate surface area is 133 Å². The Morgan fingerprint density at radius 2 is 1.55 bits per heavy atom. The highest BCUT2D eigenvalue weighted by molar-refractivity contribution is 5.94. The Bertz CT molecular complexity index is 322. The van der Waals surface area contributed by atoms with Gasteiger partial charge >= 0.3 is 11.9 Å². The summed E-state index contributed by atoms with van der Waals surface area (Å²) < 4.78 is 9.14. The molecular weight excluding hydrogens is 284 g/mol. The summed E-state index contributed by atoms with van der Waals surface area (Å²) in [5.41, 5.74) is 0. The fourth-order valence-electron chi connectivity index (χ4n) is 2.17. The second-order valence-electron chi connectivity index (χ2n) is 5.39. The van der Waals surface area contributed by atoms with Crippen LogP contribution in [0.5, 0.6) is 0 Å². The van der Waals surface area contributed by atoms with Crippen LogP contribution < -0.4 is 0 Å². The molecule has 1 atom stereocenters. The Morgan fingerprint density at radius 1 is 1.00 bits per heavy atom. The van der Waals surface area contributed by atoms with Crippen LogP contribution >= 0.6 is 0 Å². The van der Waals surface area contributed by atoms with Crippen molar-refractivity contribution in [2.45, 2.75) is 64.4 Å². The molecule has 0 aliphatic carbocycles. The maximum absolute atomic E-state index is 11.5. The predicted octanol–water partition coefficient (Wildman–Crippen LogP) is 3.01. The molecule has 0 fully saturated rings. The van der Waals surface area contributed by atoms with E-state index in [2.05, 4.69) is 16.4 Å². The lowest BCUT2D eigenvalue weighted by molar-refractivity contribution is -0.158. The minimum absolute atomic E-state index is 0.174. The molecule has 22 heavy (non-hydrogen) atoms. The minimum atomic E-state index is -0.965. The van der Waals surface area contributed by atoms with E-state index in [-0.39, 0.29) is 6.42 Å². The Kier molecular flexibility index (Phi) is 12.5. The van der Waals surface area contributed by atoms with Crippen LogP contribution in [-0.2, 0) is 19.1 Å². The first-order chi connectivity index (χ1) is 10.6.